The zero-order valence-electron chi connectivity index (χ0n) is 12.5. The second-order valence-electron chi connectivity index (χ2n) is 5.59. The first-order valence-electron chi connectivity index (χ1n) is 7.56. The third-order valence-electron chi connectivity index (χ3n) is 3.35. The number of hydrogen-bond acceptors (Lipinski definition) is 4. The van der Waals surface area contributed by atoms with Gasteiger partial charge in [-0.05, 0) is 12.8 Å². The van der Waals surface area contributed by atoms with Gasteiger partial charge in [0, 0.05) is 12.8 Å². The van der Waals surface area contributed by atoms with Crippen LogP contribution in [0.1, 0.15) is 71.6 Å². The van der Waals surface area contributed by atoms with Gasteiger partial charge in [0.15, 0.2) is 0 Å². The number of carbonyl (C=O) groups is 1. The summed E-state index contributed by atoms with van der Waals surface area (Å²) in [6.07, 6.45) is 8.71. The monoisotopic (exact) mass is 294 g/mol. The smallest absolute Gasteiger partial charge is 0.132 e. The first-order chi connectivity index (χ1) is 8.78. The van der Waals surface area contributed by atoms with Crippen molar-refractivity contribution in [1.82, 2.24) is 0 Å². The van der Waals surface area contributed by atoms with Crippen molar-refractivity contribution in [2.24, 2.45) is 0 Å². The Kier molecular flexibility index (Phi) is 9.01. The molecule has 0 amide bonds. The van der Waals surface area contributed by atoms with E-state index < -0.39 is 7.28 Å². The molecule has 116 valence electrons. The summed E-state index contributed by atoms with van der Waals surface area (Å²) in [6.45, 7) is 3.93. The molecule has 0 spiro atoms. The maximum absolute atomic E-state index is 10.5. The molecular weight excluding hydrogens is 263 g/mol. The van der Waals surface area contributed by atoms with Gasteiger partial charge in [-0.15, -0.1) is 0 Å². The van der Waals surface area contributed by atoms with E-state index in [1.165, 1.54) is 6.42 Å². The minimum atomic E-state index is -4.21. The standard InChI is InChI=1S/C8H21O3P.C6H10O/c1-3-5-7-12(9,10,11)8-6-4-2;7-6-4-2-1-3-5-6/h9-11H,3-8H2,1-2H3;1-5H2. The second-order valence-corrected chi connectivity index (χ2v) is 9.17. The van der Waals surface area contributed by atoms with Gasteiger partial charge in [0.05, 0.1) is 0 Å². The molecule has 1 aliphatic rings. The van der Waals surface area contributed by atoms with Crippen molar-refractivity contribution in [2.45, 2.75) is 71.6 Å². The molecule has 1 aliphatic carbocycles. The van der Waals surface area contributed by atoms with Gasteiger partial charge in [0.1, 0.15) is 5.78 Å². The van der Waals surface area contributed by atoms with Crippen LogP contribution in [0.4, 0.5) is 0 Å². The average molecular weight is 294 g/mol. The number of hydrogen-bond donors (Lipinski definition) is 3. The van der Waals surface area contributed by atoms with Crippen LogP contribution in [0.25, 0.3) is 0 Å². The van der Waals surface area contributed by atoms with Gasteiger partial charge in [-0.3, -0.25) is 4.79 Å². The number of Topliss-reactive ketones (excluding diaryl/α,β-unsaturated/α-hetero) is 1. The molecule has 0 radical (unpaired) electrons. The van der Waals surface area contributed by atoms with E-state index in [0.29, 0.717) is 18.6 Å². The van der Waals surface area contributed by atoms with Gasteiger partial charge in [-0.25, -0.2) is 0 Å². The van der Waals surface area contributed by atoms with Crippen LogP contribution in [-0.4, -0.2) is 32.8 Å². The third kappa shape index (κ3) is 11.5. The minimum absolute atomic E-state index is 0.169. The molecule has 3 N–H and O–H groups in total. The van der Waals surface area contributed by atoms with E-state index in [1.807, 2.05) is 13.8 Å². The van der Waals surface area contributed by atoms with Crippen molar-refractivity contribution in [3.05, 3.63) is 0 Å². The summed E-state index contributed by atoms with van der Waals surface area (Å²) in [5, 5.41) is 0. The number of unbranched alkanes of at least 4 members (excludes halogenated alkanes) is 2. The van der Waals surface area contributed by atoms with E-state index in [9.17, 15) is 19.5 Å². The van der Waals surface area contributed by atoms with Gasteiger partial charge < -0.3 is 0 Å². The van der Waals surface area contributed by atoms with Crippen molar-refractivity contribution in [2.75, 3.05) is 12.3 Å². The number of ketones is 1. The normalized spacial score (nSPS) is 18.2. The molecule has 1 rings (SSSR count). The van der Waals surface area contributed by atoms with Crippen LogP contribution in [0, 0.1) is 0 Å². The molecule has 0 heterocycles. The molecule has 1 fully saturated rings. The largest absolute Gasteiger partial charge is 0.300 e. The fourth-order valence-electron chi connectivity index (χ4n) is 2.02. The maximum atomic E-state index is 10.5. The van der Waals surface area contributed by atoms with Crippen molar-refractivity contribution in [1.29, 1.82) is 0 Å². The first kappa shape index (κ1) is 19.0. The van der Waals surface area contributed by atoms with Crippen LogP contribution < -0.4 is 0 Å². The predicted molar refractivity (Wildman–Crippen MR) is 81.2 cm³/mol. The second kappa shape index (κ2) is 9.02. The quantitative estimate of drug-likeness (QED) is 0.656. The van der Waals surface area contributed by atoms with E-state index >= 15 is 0 Å². The molecule has 1 saturated carbocycles. The zero-order chi connectivity index (χ0) is 14.8. The van der Waals surface area contributed by atoms with E-state index in [1.54, 1.807) is 0 Å². The van der Waals surface area contributed by atoms with Crippen LogP contribution in [0.3, 0.4) is 0 Å². The van der Waals surface area contributed by atoms with E-state index in [4.69, 9.17) is 0 Å². The van der Waals surface area contributed by atoms with Crippen LogP contribution in [0.15, 0.2) is 0 Å². The molecule has 0 bridgehead atoms. The Balaban J connectivity index is 0.000000388. The summed E-state index contributed by atoms with van der Waals surface area (Å²) >= 11 is 0. The molecule has 0 unspecified atom stereocenters. The Bertz CT molecular complexity index is 238. The van der Waals surface area contributed by atoms with Gasteiger partial charge >= 0.3 is 73.8 Å². The van der Waals surface area contributed by atoms with Crippen molar-refractivity contribution < 1.29 is 19.5 Å². The SMILES string of the molecule is CCCCP(O)(O)(O)CCCC.O=C1CCCCC1. The molecule has 0 saturated heterocycles. The van der Waals surface area contributed by atoms with Gasteiger partial charge in [0.2, 0.25) is 0 Å². The van der Waals surface area contributed by atoms with Crippen molar-refractivity contribution in [3.8, 4) is 0 Å². The molecule has 5 heteroatoms. The van der Waals surface area contributed by atoms with E-state index in [-0.39, 0.29) is 12.3 Å². The fourth-order valence-corrected chi connectivity index (χ4v) is 4.17. The summed E-state index contributed by atoms with van der Waals surface area (Å²) in [4.78, 5) is 38.9. The Morgan fingerprint density at radius 3 is 1.58 bits per heavy atom. The van der Waals surface area contributed by atoms with Crippen molar-refractivity contribution >= 4 is 13.1 Å². The third-order valence-corrected chi connectivity index (χ3v) is 5.82. The maximum Gasteiger partial charge on any atom is 0.132 e. The molecule has 0 aromatic rings. The molecule has 4 nitrogen and oxygen atoms in total. The molecule has 19 heavy (non-hydrogen) atoms. The molecule has 0 atom stereocenters. The van der Waals surface area contributed by atoms with E-state index in [0.717, 1.165) is 38.5 Å². The van der Waals surface area contributed by atoms with E-state index in [2.05, 4.69) is 0 Å². The van der Waals surface area contributed by atoms with Crippen LogP contribution in [0.5, 0.6) is 0 Å². The van der Waals surface area contributed by atoms with Crippen LogP contribution in [0.2, 0.25) is 0 Å². The average Bonchev–Trinajstić information content (AvgIpc) is 2.36. The number of carbonyl (C=O) groups excluding carboxylic acids is 1. The fraction of sp³-hybridized carbons (Fsp3) is 0.929. The minimum Gasteiger partial charge on any atom is -0.300 e. The summed E-state index contributed by atoms with van der Waals surface area (Å²) in [5.74, 6) is 0.464. The van der Waals surface area contributed by atoms with Gasteiger partial charge in [0.25, 0.3) is 0 Å². The summed E-state index contributed by atoms with van der Waals surface area (Å²) < 4.78 is 0. The molecule has 0 aromatic heterocycles. The zero-order valence-corrected chi connectivity index (χ0v) is 13.4. The first-order valence-corrected chi connectivity index (χ1v) is 10.0. The molecule has 0 aromatic carbocycles. The topological polar surface area (TPSA) is 77.8 Å². The summed E-state index contributed by atoms with van der Waals surface area (Å²) in [6, 6.07) is 0. The molecular formula is C14H31O4P. The Morgan fingerprint density at radius 2 is 1.32 bits per heavy atom. The van der Waals surface area contributed by atoms with Gasteiger partial charge in [-0.2, -0.15) is 0 Å². The Morgan fingerprint density at radius 1 is 0.895 bits per heavy atom. The van der Waals surface area contributed by atoms with Crippen LogP contribution in [-0.2, 0) is 4.79 Å². The van der Waals surface area contributed by atoms with Crippen LogP contribution >= 0.6 is 7.28 Å². The van der Waals surface area contributed by atoms with Crippen molar-refractivity contribution in [3.63, 3.8) is 0 Å². The molecule has 0 aliphatic heterocycles. The Hall–Kier alpha value is -0.0200. The number of rotatable bonds is 6. The summed E-state index contributed by atoms with van der Waals surface area (Å²) in [7, 11) is -4.21. The Labute approximate surface area is 117 Å². The van der Waals surface area contributed by atoms with Gasteiger partial charge in [-0.1, -0.05) is 6.42 Å². The summed E-state index contributed by atoms with van der Waals surface area (Å²) in [5.41, 5.74) is 0. The predicted octanol–water partition coefficient (Wildman–Crippen LogP) is 3.38.